The van der Waals surface area contributed by atoms with Crippen LogP contribution in [0.15, 0.2) is 36.4 Å². The van der Waals surface area contributed by atoms with Crippen molar-refractivity contribution in [1.82, 2.24) is 4.98 Å². The van der Waals surface area contributed by atoms with Gasteiger partial charge in [0.1, 0.15) is 5.82 Å². The number of benzene rings is 1. The van der Waals surface area contributed by atoms with Crippen LogP contribution in [-0.2, 0) is 0 Å². The van der Waals surface area contributed by atoms with Crippen molar-refractivity contribution in [2.75, 3.05) is 7.11 Å². The molecule has 0 N–H and O–H groups in total. The summed E-state index contributed by atoms with van der Waals surface area (Å²) in [5, 5.41) is 0. The van der Waals surface area contributed by atoms with Crippen molar-refractivity contribution in [3.63, 3.8) is 0 Å². The van der Waals surface area contributed by atoms with Crippen molar-refractivity contribution in [3.05, 3.63) is 47.9 Å². The lowest BCUT2D eigenvalue weighted by molar-refractivity contribution is 0.396. The van der Waals surface area contributed by atoms with Crippen LogP contribution in [0, 0.1) is 5.82 Å². The van der Waals surface area contributed by atoms with Gasteiger partial charge in [0.2, 0.25) is 5.88 Å². The van der Waals surface area contributed by atoms with E-state index in [2.05, 4.69) is 18.8 Å². The number of hydrogen-bond acceptors (Lipinski definition) is 2. The Hall–Kier alpha value is -1.90. The number of pyridine rings is 1. The molecule has 0 fully saturated rings. The Bertz CT molecular complexity index is 535. The monoisotopic (exact) mass is 245 g/mol. The number of nitrogens with zero attached hydrogens (tertiary/aromatic N) is 1. The summed E-state index contributed by atoms with van der Waals surface area (Å²) >= 11 is 0. The fourth-order valence-corrected chi connectivity index (χ4v) is 1.74. The molecule has 2 nitrogen and oxygen atoms in total. The van der Waals surface area contributed by atoms with Crippen LogP contribution in [0.5, 0.6) is 5.88 Å². The molecule has 18 heavy (non-hydrogen) atoms. The van der Waals surface area contributed by atoms with E-state index >= 15 is 0 Å². The minimum absolute atomic E-state index is 0.233. The number of rotatable bonds is 3. The predicted molar refractivity (Wildman–Crippen MR) is 70.3 cm³/mol. The molecule has 0 radical (unpaired) electrons. The van der Waals surface area contributed by atoms with E-state index in [9.17, 15) is 4.39 Å². The second-order valence-corrected chi connectivity index (χ2v) is 4.48. The Morgan fingerprint density at radius 2 is 1.72 bits per heavy atom. The lowest BCUT2D eigenvalue weighted by Gasteiger charge is -2.10. The molecule has 0 saturated carbocycles. The number of methoxy groups -OCH3 is 1. The molecule has 3 heteroatoms. The highest BCUT2D eigenvalue weighted by atomic mass is 19.1. The fourth-order valence-electron chi connectivity index (χ4n) is 1.74. The molecule has 94 valence electrons. The van der Waals surface area contributed by atoms with Crippen LogP contribution >= 0.6 is 0 Å². The molecular weight excluding hydrogens is 229 g/mol. The molecule has 0 unspecified atom stereocenters. The van der Waals surface area contributed by atoms with E-state index in [0.717, 1.165) is 16.8 Å². The Labute approximate surface area is 106 Å². The Balaban J connectivity index is 2.49. The highest BCUT2D eigenvalue weighted by Gasteiger charge is 2.08. The molecule has 0 saturated heterocycles. The highest BCUT2D eigenvalue weighted by molar-refractivity contribution is 5.64. The Kier molecular flexibility index (Phi) is 3.60. The van der Waals surface area contributed by atoms with Crippen molar-refractivity contribution >= 4 is 0 Å². The van der Waals surface area contributed by atoms with Gasteiger partial charge in [-0.25, -0.2) is 9.37 Å². The first-order valence-corrected chi connectivity index (χ1v) is 5.92. The summed E-state index contributed by atoms with van der Waals surface area (Å²) in [6.07, 6.45) is 0. The Morgan fingerprint density at radius 3 is 2.28 bits per heavy atom. The molecule has 0 atom stereocenters. The van der Waals surface area contributed by atoms with E-state index in [-0.39, 0.29) is 5.82 Å². The molecule has 0 aliphatic carbocycles. The summed E-state index contributed by atoms with van der Waals surface area (Å²) < 4.78 is 18.1. The number of aromatic nitrogens is 1. The summed E-state index contributed by atoms with van der Waals surface area (Å²) in [4.78, 5) is 4.40. The summed E-state index contributed by atoms with van der Waals surface area (Å²) in [6.45, 7) is 4.16. The van der Waals surface area contributed by atoms with Crippen LogP contribution in [-0.4, -0.2) is 12.1 Å². The van der Waals surface area contributed by atoms with Crippen LogP contribution < -0.4 is 4.74 Å². The second kappa shape index (κ2) is 5.17. The minimum atomic E-state index is -0.233. The van der Waals surface area contributed by atoms with E-state index < -0.39 is 0 Å². The topological polar surface area (TPSA) is 22.1 Å². The summed E-state index contributed by atoms with van der Waals surface area (Å²) in [7, 11) is 1.60. The van der Waals surface area contributed by atoms with Gasteiger partial charge in [0.05, 0.1) is 7.11 Å². The first kappa shape index (κ1) is 12.6. The molecule has 1 heterocycles. The Morgan fingerprint density at radius 1 is 1.06 bits per heavy atom. The van der Waals surface area contributed by atoms with Crippen LogP contribution in [0.25, 0.3) is 11.1 Å². The van der Waals surface area contributed by atoms with Gasteiger partial charge in [-0.05, 0) is 35.2 Å². The normalized spacial score (nSPS) is 10.7. The smallest absolute Gasteiger partial charge is 0.213 e. The highest BCUT2D eigenvalue weighted by Crippen LogP contribution is 2.26. The minimum Gasteiger partial charge on any atom is -0.481 e. The van der Waals surface area contributed by atoms with Gasteiger partial charge >= 0.3 is 0 Å². The van der Waals surface area contributed by atoms with E-state index in [1.807, 2.05) is 12.1 Å². The standard InChI is InChI=1S/C15H16FNO/c1-10(2)14-8-12(9-15(17-14)18-3)11-4-6-13(16)7-5-11/h4-10H,1-3H3. The van der Waals surface area contributed by atoms with Gasteiger partial charge in [0, 0.05) is 11.8 Å². The maximum absolute atomic E-state index is 12.9. The quantitative estimate of drug-likeness (QED) is 0.814. The molecule has 1 aromatic carbocycles. The van der Waals surface area contributed by atoms with Crippen molar-refractivity contribution in [2.45, 2.75) is 19.8 Å². The third-order valence-corrected chi connectivity index (χ3v) is 2.80. The first-order chi connectivity index (χ1) is 8.60. The lowest BCUT2D eigenvalue weighted by Crippen LogP contribution is -1.97. The largest absolute Gasteiger partial charge is 0.481 e. The zero-order valence-electron chi connectivity index (χ0n) is 10.8. The van der Waals surface area contributed by atoms with Crippen molar-refractivity contribution in [1.29, 1.82) is 0 Å². The summed E-state index contributed by atoms with van der Waals surface area (Å²) in [5.74, 6) is 0.670. The summed E-state index contributed by atoms with van der Waals surface area (Å²) in [5.41, 5.74) is 2.92. The molecule has 0 bridgehead atoms. The van der Waals surface area contributed by atoms with Gasteiger partial charge in [-0.1, -0.05) is 26.0 Å². The van der Waals surface area contributed by atoms with Crippen molar-refractivity contribution < 1.29 is 9.13 Å². The average Bonchev–Trinajstić information content (AvgIpc) is 2.39. The van der Waals surface area contributed by atoms with Crippen LogP contribution in [0.3, 0.4) is 0 Å². The summed E-state index contributed by atoms with van der Waals surface area (Å²) in [6, 6.07) is 10.3. The predicted octanol–water partition coefficient (Wildman–Crippen LogP) is 4.02. The number of halogens is 1. The van der Waals surface area contributed by atoms with Gasteiger partial charge in [-0.15, -0.1) is 0 Å². The van der Waals surface area contributed by atoms with E-state index in [1.54, 1.807) is 19.2 Å². The number of hydrogen-bond donors (Lipinski definition) is 0. The number of ether oxygens (including phenoxy) is 1. The molecule has 0 aliphatic heterocycles. The molecule has 0 aliphatic rings. The van der Waals surface area contributed by atoms with Crippen LogP contribution in [0.2, 0.25) is 0 Å². The van der Waals surface area contributed by atoms with Gasteiger partial charge < -0.3 is 4.74 Å². The van der Waals surface area contributed by atoms with E-state index in [4.69, 9.17) is 4.74 Å². The lowest BCUT2D eigenvalue weighted by atomic mass is 10.0. The third kappa shape index (κ3) is 2.67. The van der Waals surface area contributed by atoms with Gasteiger partial charge in [-0.2, -0.15) is 0 Å². The fraction of sp³-hybridized carbons (Fsp3) is 0.267. The molecule has 2 rings (SSSR count). The molecular formula is C15H16FNO. The van der Waals surface area contributed by atoms with E-state index in [0.29, 0.717) is 11.8 Å². The van der Waals surface area contributed by atoms with Crippen molar-refractivity contribution in [2.24, 2.45) is 0 Å². The molecule has 1 aromatic heterocycles. The second-order valence-electron chi connectivity index (χ2n) is 4.48. The van der Waals surface area contributed by atoms with E-state index in [1.165, 1.54) is 12.1 Å². The SMILES string of the molecule is COc1cc(-c2ccc(F)cc2)cc(C(C)C)n1. The van der Waals surface area contributed by atoms with Gasteiger partial charge in [0.15, 0.2) is 0 Å². The van der Waals surface area contributed by atoms with Gasteiger partial charge in [-0.3, -0.25) is 0 Å². The molecule has 2 aromatic rings. The average molecular weight is 245 g/mol. The zero-order valence-corrected chi connectivity index (χ0v) is 10.8. The maximum Gasteiger partial charge on any atom is 0.213 e. The first-order valence-electron chi connectivity index (χ1n) is 5.92. The third-order valence-electron chi connectivity index (χ3n) is 2.80. The molecule has 0 spiro atoms. The molecule has 0 amide bonds. The zero-order chi connectivity index (χ0) is 13.1. The van der Waals surface area contributed by atoms with Crippen LogP contribution in [0.1, 0.15) is 25.5 Å². The van der Waals surface area contributed by atoms with Crippen molar-refractivity contribution in [3.8, 4) is 17.0 Å². The van der Waals surface area contributed by atoms with Gasteiger partial charge in [0.25, 0.3) is 0 Å². The van der Waals surface area contributed by atoms with Crippen LogP contribution in [0.4, 0.5) is 4.39 Å². The maximum atomic E-state index is 12.9.